The maximum atomic E-state index is 10.2. The van der Waals surface area contributed by atoms with Gasteiger partial charge in [0.1, 0.15) is 12.2 Å². The summed E-state index contributed by atoms with van der Waals surface area (Å²) in [6.45, 7) is 9.69. The van der Waals surface area contributed by atoms with Gasteiger partial charge in [0, 0.05) is 0 Å². The lowest BCUT2D eigenvalue weighted by atomic mass is 10.0. The second kappa shape index (κ2) is 7.27. The summed E-state index contributed by atoms with van der Waals surface area (Å²) in [6.07, 6.45) is 7.56. The summed E-state index contributed by atoms with van der Waals surface area (Å²) in [5.74, 6) is -0.618. The van der Waals surface area contributed by atoms with E-state index in [2.05, 4.69) is 13.5 Å². The Morgan fingerprint density at radius 3 is 2.50 bits per heavy atom. The Morgan fingerprint density at radius 2 is 1.89 bits per heavy atom. The van der Waals surface area contributed by atoms with Crippen LogP contribution in [0.3, 0.4) is 0 Å². The van der Waals surface area contributed by atoms with E-state index in [9.17, 15) is 5.11 Å². The van der Waals surface area contributed by atoms with Crippen molar-refractivity contribution in [3.8, 4) is 0 Å². The van der Waals surface area contributed by atoms with Gasteiger partial charge in [-0.2, -0.15) is 0 Å². The molecule has 0 aromatic rings. The van der Waals surface area contributed by atoms with Gasteiger partial charge < -0.3 is 14.6 Å². The first-order valence-electron chi connectivity index (χ1n) is 7.16. The fourth-order valence-electron chi connectivity index (χ4n) is 2.42. The minimum Gasteiger partial charge on any atom is -0.390 e. The van der Waals surface area contributed by atoms with Crippen LogP contribution in [0.2, 0.25) is 0 Å². The molecule has 3 atom stereocenters. The molecule has 18 heavy (non-hydrogen) atoms. The van der Waals surface area contributed by atoms with Crippen molar-refractivity contribution in [1.29, 1.82) is 0 Å². The summed E-state index contributed by atoms with van der Waals surface area (Å²) in [6, 6.07) is 0. The second-order valence-electron chi connectivity index (χ2n) is 5.57. The quantitative estimate of drug-likeness (QED) is 0.534. The Balaban J connectivity index is 2.32. The summed E-state index contributed by atoms with van der Waals surface area (Å²) < 4.78 is 11.4. The van der Waals surface area contributed by atoms with Crippen molar-refractivity contribution in [3.05, 3.63) is 12.7 Å². The molecule has 1 rings (SSSR count). The fourth-order valence-corrected chi connectivity index (χ4v) is 2.42. The third kappa shape index (κ3) is 4.71. The third-order valence-corrected chi connectivity index (χ3v) is 3.38. The highest BCUT2D eigenvalue weighted by Gasteiger charge is 2.42. The maximum Gasteiger partial charge on any atom is 0.164 e. The van der Waals surface area contributed by atoms with E-state index in [1.807, 2.05) is 13.8 Å². The first kappa shape index (κ1) is 15.7. The smallest absolute Gasteiger partial charge is 0.164 e. The van der Waals surface area contributed by atoms with Crippen molar-refractivity contribution < 1.29 is 14.6 Å². The lowest BCUT2D eigenvalue weighted by Gasteiger charge is -2.21. The molecule has 1 saturated heterocycles. The molecule has 1 aliphatic heterocycles. The zero-order valence-corrected chi connectivity index (χ0v) is 12.0. The van der Waals surface area contributed by atoms with Gasteiger partial charge in [-0.05, 0) is 20.3 Å². The third-order valence-electron chi connectivity index (χ3n) is 3.38. The van der Waals surface area contributed by atoms with Crippen LogP contribution in [-0.2, 0) is 9.47 Å². The van der Waals surface area contributed by atoms with Gasteiger partial charge in [0.05, 0.1) is 6.10 Å². The van der Waals surface area contributed by atoms with E-state index >= 15 is 0 Å². The van der Waals surface area contributed by atoms with Gasteiger partial charge in [0.15, 0.2) is 5.79 Å². The van der Waals surface area contributed by atoms with Crippen LogP contribution in [0.5, 0.6) is 0 Å². The Labute approximate surface area is 111 Å². The lowest BCUT2D eigenvalue weighted by Crippen LogP contribution is -2.34. The molecule has 0 radical (unpaired) electrons. The minimum absolute atomic E-state index is 0.203. The Bertz CT molecular complexity index is 250. The SMILES string of the molecule is C=C[C@H]1OC(C)(C)O[C@H]1[C@H](O)CCCCCCC. The molecule has 0 saturated carbocycles. The van der Waals surface area contributed by atoms with Gasteiger partial charge in [-0.3, -0.25) is 0 Å². The molecule has 1 fully saturated rings. The molecular weight excluding hydrogens is 228 g/mol. The molecule has 0 aromatic heterocycles. The van der Waals surface area contributed by atoms with Crippen LogP contribution in [-0.4, -0.2) is 29.2 Å². The van der Waals surface area contributed by atoms with Crippen molar-refractivity contribution in [2.45, 2.75) is 83.4 Å². The van der Waals surface area contributed by atoms with E-state index in [1.165, 1.54) is 25.7 Å². The number of ether oxygens (including phenoxy) is 2. The monoisotopic (exact) mass is 256 g/mol. The van der Waals surface area contributed by atoms with Crippen LogP contribution in [0, 0.1) is 0 Å². The molecule has 1 aliphatic rings. The van der Waals surface area contributed by atoms with Crippen LogP contribution in [0.4, 0.5) is 0 Å². The maximum absolute atomic E-state index is 10.2. The van der Waals surface area contributed by atoms with Crippen LogP contribution in [0.1, 0.15) is 59.3 Å². The van der Waals surface area contributed by atoms with Gasteiger partial charge >= 0.3 is 0 Å². The van der Waals surface area contributed by atoms with Crippen LogP contribution >= 0.6 is 0 Å². The zero-order chi connectivity index (χ0) is 13.6. The number of rotatable bonds is 8. The highest BCUT2D eigenvalue weighted by atomic mass is 16.8. The summed E-state index contributed by atoms with van der Waals surface area (Å²) in [5.41, 5.74) is 0. The lowest BCUT2D eigenvalue weighted by molar-refractivity contribution is -0.153. The summed E-state index contributed by atoms with van der Waals surface area (Å²) in [5, 5.41) is 10.2. The Hall–Kier alpha value is -0.380. The van der Waals surface area contributed by atoms with Crippen molar-refractivity contribution in [1.82, 2.24) is 0 Å². The van der Waals surface area contributed by atoms with E-state index in [0.717, 1.165) is 12.8 Å². The van der Waals surface area contributed by atoms with Crippen molar-refractivity contribution >= 4 is 0 Å². The number of hydrogen-bond acceptors (Lipinski definition) is 3. The second-order valence-corrected chi connectivity index (χ2v) is 5.57. The van der Waals surface area contributed by atoms with Gasteiger partial charge in [-0.25, -0.2) is 0 Å². The van der Waals surface area contributed by atoms with E-state index in [0.29, 0.717) is 0 Å². The zero-order valence-electron chi connectivity index (χ0n) is 12.0. The average molecular weight is 256 g/mol. The van der Waals surface area contributed by atoms with E-state index in [1.54, 1.807) is 6.08 Å². The molecule has 3 heteroatoms. The van der Waals surface area contributed by atoms with Crippen molar-refractivity contribution in [2.24, 2.45) is 0 Å². The van der Waals surface area contributed by atoms with Crippen LogP contribution in [0.25, 0.3) is 0 Å². The molecular formula is C15H28O3. The molecule has 0 spiro atoms. The number of aliphatic hydroxyl groups is 1. The average Bonchev–Trinajstić information content (AvgIpc) is 2.64. The van der Waals surface area contributed by atoms with E-state index in [-0.39, 0.29) is 12.2 Å². The van der Waals surface area contributed by atoms with Crippen molar-refractivity contribution in [2.75, 3.05) is 0 Å². The van der Waals surface area contributed by atoms with E-state index in [4.69, 9.17) is 9.47 Å². The number of hydrogen-bond donors (Lipinski definition) is 1. The first-order chi connectivity index (χ1) is 8.50. The van der Waals surface area contributed by atoms with Gasteiger partial charge in [0.25, 0.3) is 0 Å². The molecule has 0 unspecified atom stereocenters. The Morgan fingerprint density at radius 1 is 1.22 bits per heavy atom. The van der Waals surface area contributed by atoms with Crippen LogP contribution in [0.15, 0.2) is 12.7 Å². The molecule has 0 bridgehead atoms. The number of unbranched alkanes of at least 4 members (excludes halogenated alkanes) is 4. The molecule has 0 aliphatic carbocycles. The topological polar surface area (TPSA) is 38.7 Å². The molecule has 106 valence electrons. The predicted octanol–water partition coefficient (Wildman–Crippen LogP) is 3.41. The van der Waals surface area contributed by atoms with Crippen LogP contribution < -0.4 is 0 Å². The number of aliphatic hydroxyl groups excluding tert-OH is 1. The Kier molecular flexibility index (Phi) is 6.33. The largest absolute Gasteiger partial charge is 0.390 e. The summed E-state index contributed by atoms with van der Waals surface area (Å²) >= 11 is 0. The van der Waals surface area contributed by atoms with E-state index < -0.39 is 11.9 Å². The highest BCUT2D eigenvalue weighted by molar-refractivity contribution is 4.96. The van der Waals surface area contributed by atoms with Gasteiger partial charge in [0.2, 0.25) is 0 Å². The first-order valence-corrected chi connectivity index (χ1v) is 7.16. The summed E-state index contributed by atoms with van der Waals surface area (Å²) in [7, 11) is 0. The molecule has 3 nitrogen and oxygen atoms in total. The minimum atomic E-state index is -0.618. The molecule has 0 amide bonds. The highest BCUT2D eigenvalue weighted by Crippen LogP contribution is 2.31. The normalized spacial score (nSPS) is 28.2. The van der Waals surface area contributed by atoms with Gasteiger partial charge in [-0.15, -0.1) is 6.58 Å². The standard InChI is InChI=1S/C15H28O3/c1-5-7-8-9-10-11-12(16)14-13(6-2)17-15(3,4)18-14/h6,12-14,16H,2,5,7-11H2,1,3-4H3/t12-,13-,14+/m1/s1. The fraction of sp³-hybridized carbons (Fsp3) is 0.867. The van der Waals surface area contributed by atoms with Crippen molar-refractivity contribution in [3.63, 3.8) is 0 Å². The summed E-state index contributed by atoms with van der Waals surface area (Å²) in [4.78, 5) is 0. The molecule has 1 heterocycles. The van der Waals surface area contributed by atoms with Gasteiger partial charge in [-0.1, -0.05) is 45.1 Å². The predicted molar refractivity (Wildman–Crippen MR) is 73.4 cm³/mol. The molecule has 1 N–H and O–H groups in total. The molecule has 0 aromatic carbocycles.